The molecule has 11 nitrogen and oxygen atoms in total. The fourth-order valence-corrected chi connectivity index (χ4v) is 2.79. The minimum absolute atomic E-state index is 0.175. The van der Waals surface area contributed by atoms with E-state index < -0.39 is 32.1 Å². The van der Waals surface area contributed by atoms with E-state index in [1.54, 1.807) is 0 Å². The average molecular weight is 345 g/mol. The molecule has 12 heteroatoms. The third kappa shape index (κ3) is 3.07. The van der Waals surface area contributed by atoms with Gasteiger partial charge < -0.3 is 30.1 Å². The molecule has 3 rings (SSSR count). The number of nitrogens with two attached hydrogens (primary N) is 1. The van der Waals surface area contributed by atoms with Crippen molar-refractivity contribution < 1.29 is 28.9 Å². The van der Waals surface area contributed by atoms with Gasteiger partial charge in [0.25, 0.3) is 0 Å². The van der Waals surface area contributed by atoms with Crippen molar-refractivity contribution in [2.24, 2.45) is 0 Å². The van der Waals surface area contributed by atoms with Crippen LogP contribution in [0.4, 0.5) is 5.82 Å². The topological polar surface area (TPSA) is 166 Å². The molecule has 0 amide bonds. The van der Waals surface area contributed by atoms with Crippen molar-refractivity contribution in [1.29, 1.82) is 0 Å². The van der Waals surface area contributed by atoms with E-state index in [0.29, 0.717) is 11.2 Å². The Morgan fingerprint density at radius 2 is 2.13 bits per heavy atom. The van der Waals surface area contributed by atoms with Crippen LogP contribution < -0.4 is 5.73 Å². The van der Waals surface area contributed by atoms with Crippen molar-refractivity contribution in [3.63, 3.8) is 0 Å². The van der Waals surface area contributed by atoms with E-state index in [2.05, 4.69) is 15.0 Å². The molecule has 0 saturated carbocycles. The molecule has 0 aliphatic carbocycles. The Morgan fingerprint density at radius 3 is 2.83 bits per heavy atom. The van der Waals surface area contributed by atoms with Crippen molar-refractivity contribution in [3.05, 3.63) is 12.7 Å². The Morgan fingerprint density at radius 1 is 1.39 bits per heavy atom. The lowest BCUT2D eigenvalue weighted by Gasteiger charge is -2.16. The fourth-order valence-electron chi connectivity index (χ4n) is 2.36. The molecule has 0 radical (unpaired) electrons. The number of aliphatic hydroxyl groups is 2. The smallest absolute Gasteiger partial charge is 0.325 e. The summed E-state index contributed by atoms with van der Waals surface area (Å²) in [6.07, 6.45) is -1.97. The number of rotatable bonds is 4. The third-order valence-electron chi connectivity index (χ3n) is 3.48. The van der Waals surface area contributed by atoms with E-state index in [1.165, 1.54) is 17.2 Å². The second-order valence-electron chi connectivity index (χ2n) is 5.23. The molecule has 2 aromatic rings. The van der Waals surface area contributed by atoms with E-state index >= 15 is 0 Å². The number of hydrogen-bond acceptors (Lipinski definition) is 9. The van der Waals surface area contributed by atoms with Crippen LogP contribution in [0.2, 0.25) is 0 Å². The second kappa shape index (κ2) is 5.78. The number of nitrogens with zero attached hydrogens (tertiary/aromatic N) is 4. The van der Waals surface area contributed by atoms with E-state index in [-0.39, 0.29) is 12.4 Å². The van der Waals surface area contributed by atoms with Crippen LogP contribution in [0.25, 0.3) is 11.2 Å². The number of aliphatic hydroxyl groups excluding tert-OH is 2. The highest BCUT2D eigenvalue weighted by molar-refractivity contribution is 7.51. The van der Waals surface area contributed by atoms with Gasteiger partial charge in [0.05, 0.1) is 12.9 Å². The van der Waals surface area contributed by atoms with Gasteiger partial charge in [0.1, 0.15) is 30.2 Å². The first kappa shape index (κ1) is 16.2. The molecule has 3 heterocycles. The Kier molecular flexibility index (Phi) is 4.08. The monoisotopic (exact) mass is 345 g/mol. The first-order chi connectivity index (χ1) is 10.8. The molecule has 1 aliphatic rings. The summed E-state index contributed by atoms with van der Waals surface area (Å²) >= 11 is 0. The summed E-state index contributed by atoms with van der Waals surface area (Å²) in [5.74, 6) is 0.175. The van der Waals surface area contributed by atoms with Crippen molar-refractivity contribution in [2.75, 3.05) is 19.0 Å². The van der Waals surface area contributed by atoms with Crippen LogP contribution in [0.1, 0.15) is 6.23 Å². The first-order valence-electron chi connectivity index (χ1n) is 6.67. The number of fused-ring (bicyclic) bond motifs is 1. The zero-order chi connectivity index (χ0) is 16.8. The maximum atomic E-state index is 11.2. The molecule has 126 valence electrons. The maximum absolute atomic E-state index is 11.2. The molecule has 1 aliphatic heterocycles. The van der Waals surface area contributed by atoms with Crippen LogP contribution >= 0.6 is 7.60 Å². The number of imidazole rings is 1. The predicted octanol–water partition coefficient (Wildman–Crippen LogP) is -1.14. The lowest BCUT2D eigenvalue weighted by atomic mass is 10.1. The van der Waals surface area contributed by atoms with Crippen LogP contribution in [0, 0.1) is 0 Å². The van der Waals surface area contributed by atoms with Crippen LogP contribution in [0.15, 0.2) is 12.7 Å². The lowest BCUT2D eigenvalue weighted by molar-refractivity contribution is -0.0483. The maximum Gasteiger partial charge on any atom is 0.325 e. The molecule has 2 aromatic heterocycles. The summed E-state index contributed by atoms with van der Waals surface area (Å²) < 4.78 is 22.9. The van der Waals surface area contributed by atoms with Gasteiger partial charge in [-0.25, -0.2) is 15.0 Å². The normalized spacial score (nSPS) is 30.6. The van der Waals surface area contributed by atoms with Gasteiger partial charge in [-0.1, -0.05) is 0 Å². The van der Waals surface area contributed by atoms with Gasteiger partial charge in [-0.2, -0.15) is 0 Å². The summed E-state index contributed by atoms with van der Waals surface area (Å²) in [6, 6.07) is 0. The standard InChI is InChI=1S/C11H16N5O6P/c1-23(19,20)21-2-5-7(17)8(18)11(22-5)16-4-15-6-9(12)13-3-14-10(6)16/h3-5,7-8,11,17-18H,2H2,1H3,(H,19,20)(H2,12,13,14)/t5-,7?,8+,11-/m1/s1. The summed E-state index contributed by atoms with van der Waals surface area (Å²) in [5, 5.41) is 20.2. The molecule has 5 atom stereocenters. The van der Waals surface area contributed by atoms with Gasteiger partial charge >= 0.3 is 7.60 Å². The average Bonchev–Trinajstić information content (AvgIpc) is 3.01. The van der Waals surface area contributed by atoms with Crippen molar-refractivity contribution in [1.82, 2.24) is 19.5 Å². The quantitative estimate of drug-likeness (QED) is 0.497. The highest BCUT2D eigenvalue weighted by Crippen LogP contribution is 2.39. The number of anilines is 1. The number of hydrogen-bond donors (Lipinski definition) is 4. The molecular weight excluding hydrogens is 329 g/mol. The minimum atomic E-state index is -3.72. The Balaban J connectivity index is 1.85. The highest BCUT2D eigenvalue weighted by atomic mass is 31.2. The van der Waals surface area contributed by atoms with Crippen LogP contribution in [0.5, 0.6) is 0 Å². The summed E-state index contributed by atoms with van der Waals surface area (Å²) in [4.78, 5) is 21.0. The van der Waals surface area contributed by atoms with Gasteiger partial charge in [0.2, 0.25) is 0 Å². The van der Waals surface area contributed by atoms with E-state index in [4.69, 9.17) is 19.9 Å². The Bertz CT molecular complexity index is 762. The third-order valence-corrected chi connectivity index (χ3v) is 4.10. The molecular formula is C11H16N5O6P. The molecule has 0 spiro atoms. The highest BCUT2D eigenvalue weighted by Gasteiger charge is 2.45. The van der Waals surface area contributed by atoms with Gasteiger partial charge in [-0.05, 0) is 0 Å². The zero-order valence-corrected chi connectivity index (χ0v) is 12.9. The first-order valence-corrected chi connectivity index (χ1v) is 8.70. The second-order valence-corrected chi connectivity index (χ2v) is 7.09. The summed E-state index contributed by atoms with van der Waals surface area (Å²) in [5.41, 5.74) is 6.37. The van der Waals surface area contributed by atoms with E-state index in [0.717, 1.165) is 6.66 Å². The lowest BCUT2D eigenvalue weighted by Crippen LogP contribution is -2.33. The minimum Gasteiger partial charge on any atom is -0.387 e. The molecule has 1 fully saturated rings. The van der Waals surface area contributed by atoms with Gasteiger partial charge in [-0.15, -0.1) is 0 Å². The number of aromatic nitrogens is 4. The number of ether oxygens (including phenoxy) is 1. The zero-order valence-electron chi connectivity index (χ0n) is 12.1. The van der Waals surface area contributed by atoms with Gasteiger partial charge in [-0.3, -0.25) is 9.13 Å². The SMILES string of the molecule is C[P@@](=O)(O)OC[C@H]1O[C@@H](n2cnc3c(N)ncnc32)[C@@H](O)C1O. The Labute approximate surface area is 130 Å². The van der Waals surface area contributed by atoms with Crippen molar-refractivity contribution >= 4 is 24.6 Å². The van der Waals surface area contributed by atoms with Crippen molar-refractivity contribution in [2.45, 2.75) is 24.5 Å². The molecule has 0 aromatic carbocycles. The van der Waals surface area contributed by atoms with Gasteiger partial charge in [0, 0.05) is 6.66 Å². The largest absolute Gasteiger partial charge is 0.387 e. The van der Waals surface area contributed by atoms with Crippen LogP contribution in [-0.2, 0) is 13.8 Å². The molecule has 0 bridgehead atoms. The van der Waals surface area contributed by atoms with Crippen LogP contribution in [-0.4, -0.2) is 66.2 Å². The number of nitrogen functional groups attached to an aromatic ring is 1. The fraction of sp³-hybridized carbons (Fsp3) is 0.545. The summed E-state index contributed by atoms with van der Waals surface area (Å²) in [7, 11) is -3.72. The summed E-state index contributed by atoms with van der Waals surface area (Å²) in [6.45, 7) is 0.675. The molecule has 23 heavy (non-hydrogen) atoms. The molecule has 1 saturated heterocycles. The predicted molar refractivity (Wildman–Crippen MR) is 77.4 cm³/mol. The molecule has 5 N–H and O–H groups in total. The van der Waals surface area contributed by atoms with Crippen LogP contribution in [0.3, 0.4) is 0 Å². The molecule has 1 unspecified atom stereocenters. The Hall–Kier alpha value is -1.62. The van der Waals surface area contributed by atoms with E-state index in [1.807, 2.05) is 0 Å². The van der Waals surface area contributed by atoms with Gasteiger partial charge in [0.15, 0.2) is 17.7 Å². The van der Waals surface area contributed by atoms with E-state index in [9.17, 15) is 14.8 Å². The van der Waals surface area contributed by atoms with Crippen molar-refractivity contribution in [3.8, 4) is 0 Å².